The van der Waals surface area contributed by atoms with Gasteiger partial charge in [0, 0.05) is 29.1 Å². The Labute approximate surface area is 197 Å². The van der Waals surface area contributed by atoms with E-state index < -0.39 is 5.82 Å². The smallest absolute Gasteiger partial charge is 0.258 e. The summed E-state index contributed by atoms with van der Waals surface area (Å²) in [4.78, 5) is 25.8. The Bertz CT molecular complexity index is 1410. The first-order valence-corrected chi connectivity index (χ1v) is 11.3. The zero-order valence-corrected chi connectivity index (χ0v) is 18.9. The molecule has 0 bridgehead atoms. The SMILES string of the molecule is CC1=CC2C(Nc3cccc(Cl)c3F)=NC=CC2C(NC(=O)c2csc3c(N)ncnc23)=C1. The molecule has 7 nitrogen and oxygen atoms in total. The maximum atomic E-state index is 14.4. The number of thiophene rings is 1. The first-order valence-electron chi connectivity index (χ1n) is 10.1. The molecule has 0 spiro atoms. The summed E-state index contributed by atoms with van der Waals surface area (Å²) in [6, 6.07) is 4.75. The van der Waals surface area contributed by atoms with Crippen LogP contribution in [0.2, 0.25) is 5.02 Å². The van der Waals surface area contributed by atoms with Gasteiger partial charge in [-0.3, -0.25) is 4.79 Å². The van der Waals surface area contributed by atoms with Crippen LogP contribution in [0.4, 0.5) is 15.9 Å². The Hall–Kier alpha value is -3.56. The highest BCUT2D eigenvalue weighted by atomic mass is 35.5. The van der Waals surface area contributed by atoms with E-state index in [1.807, 2.05) is 25.2 Å². The monoisotopic (exact) mass is 480 g/mol. The number of carbonyl (C=O) groups excluding carboxylic acids is 1. The fraction of sp³-hybridized carbons (Fsp3) is 0.130. The van der Waals surface area contributed by atoms with Gasteiger partial charge in [0.05, 0.1) is 26.5 Å². The molecule has 0 saturated heterocycles. The van der Waals surface area contributed by atoms with Crippen molar-refractivity contribution in [3.63, 3.8) is 0 Å². The number of amides is 1. The molecule has 1 aliphatic carbocycles. The van der Waals surface area contributed by atoms with Crippen molar-refractivity contribution in [3.8, 4) is 0 Å². The number of nitrogens with zero attached hydrogens (tertiary/aromatic N) is 3. The van der Waals surface area contributed by atoms with E-state index in [2.05, 4.69) is 25.6 Å². The van der Waals surface area contributed by atoms with Crippen LogP contribution in [0.15, 0.2) is 70.6 Å². The highest BCUT2D eigenvalue weighted by Crippen LogP contribution is 2.35. The number of amidine groups is 1. The van der Waals surface area contributed by atoms with E-state index in [4.69, 9.17) is 17.3 Å². The fourth-order valence-corrected chi connectivity index (χ4v) is 5.02. The maximum Gasteiger partial charge on any atom is 0.258 e. The Balaban J connectivity index is 1.41. The van der Waals surface area contributed by atoms with Crippen LogP contribution in [-0.4, -0.2) is 21.7 Å². The second-order valence-corrected chi connectivity index (χ2v) is 8.97. The third-order valence-electron chi connectivity index (χ3n) is 5.49. The number of aromatic nitrogens is 2. The lowest BCUT2D eigenvalue weighted by molar-refractivity contribution is 0.0964. The first-order chi connectivity index (χ1) is 15.9. The van der Waals surface area contributed by atoms with Gasteiger partial charge in [-0.05, 0) is 25.1 Å². The number of allylic oxidation sites excluding steroid dienone is 3. The van der Waals surface area contributed by atoms with Crippen molar-refractivity contribution in [2.75, 3.05) is 11.1 Å². The van der Waals surface area contributed by atoms with Crippen molar-refractivity contribution >= 4 is 56.4 Å². The van der Waals surface area contributed by atoms with Gasteiger partial charge in [-0.15, -0.1) is 11.3 Å². The zero-order valence-electron chi connectivity index (χ0n) is 17.3. The number of hydrogen-bond donors (Lipinski definition) is 3. The molecule has 1 amide bonds. The maximum absolute atomic E-state index is 14.4. The molecule has 166 valence electrons. The van der Waals surface area contributed by atoms with E-state index in [1.54, 1.807) is 23.7 Å². The number of aliphatic imine (C=N–C) groups is 1. The van der Waals surface area contributed by atoms with Gasteiger partial charge in [0.25, 0.3) is 5.91 Å². The highest BCUT2D eigenvalue weighted by Gasteiger charge is 2.32. The van der Waals surface area contributed by atoms with Gasteiger partial charge >= 0.3 is 0 Å². The highest BCUT2D eigenvalue weighted by molar-refractivity contribution is 7.18. The fourth-order valence-electron chi connectivity index (χ4n) is 3.95. The molecule has 0 saturated carbocycles. The number of nitrogens with two attached hydrogens (primary N) is 1. The summed E-state index contributed by atoms with van der Waals surface area (Å²) in [6.45, 7) is 1.94. The van der Waals surface area contributed by atoms with Gasteiger partial charge in [-0.25, -0.2) is 19.4 Å². The molecular formula is C23H18ClFN6OS. The van der Waals surface area contributed by atoms with Crippen molar-refractivity contribution in [1.82, 2.24) is 15.3 Å². The normalized spacial score (nSPS) is 19.4. The lowest BCUT2D eigenvalue weighted by Crippen LogP contribution is -2.37. The minimum absolute atomic E-state index is 0.0270. The summed E-state index contributed by atoms with van der Waals surface area (Å²) in [7, 11) is 0. The lowest BCUT2D eigenvalue weighted by Gasteiger charge is -2.32. The predicted molar refractivity (Wildman–Crippen MR) is 130 cm³/mol. The van der Waals surface area contributed by atoms with Gasteiger partial charge in [-0.1, -0.05) is 35.4 Å². The summed E-state index contributed by atoms with van der Waals surface area (Å²) >= 11 is 7.25. The standard InChI is InChI=1S/C23H18ClFN6OS/c1-11-7-13-12(5-6-27-22(13)30-16-4-2-3-15(24)18(16)25)17(8-11)31-23(32)14-9-33-20-19(14)28-10-29-21(20)26/h2-10,12-13H,1H3,(H,27,30)(H,31,32)(H2,26,28,29). The summed E-state index contributed by atoms with van der Waals surface area (Å²) < 4.78 is 15.1. The van der Waals surface area contributed by atoms with E-state index in [-0.39, 0.29) is 28.5 Å². The van der Waals surface area contributed by atoms with Crippen LogP contribution in [-0.2, 0) is 0 Å². The second kappa shape index (κ2) is 8.42. The molecule has 2 atom stereocenters. The first kappa shape index (κ1) is 21.3. The second-order valence-electron chi connectivity index (χ2n) is 7.68. The van der Waals surface area contributed by atoms with Crippen molar-refractivity contribution in [2.45, 2.75) is 6.92 Å². The van der Waals surface area contributed by atoms with Crippen molar-refractivity contribution in [1.29, 1.82) is 0 Å². The van der Waals surface area contributed by atoms with Crippen LogP contribution in [0.3, 0.4) is 0 Å². The summed E-state index contributed by atoms with van der Waals surface area (Å²) in [5.41, 5.74) is 8.75. The number of halogens is 2. The number of fused-ring (bicyclic) bond motifs is 2. The molecule has 10 heteroatoms. The van der Waals surface area contributed by atoms with E-state index >= 15 is 0 Å². The molecule has 3 aromatic rings. The molecule has 3 heterocycles. The van der Waals surface area contributed by atoms with Gasteiger partial charge in [-0.2, -0.15) is 0 Å². The molecule has 5 rings (SSSR count). The van der Waals surface area contributed by atoms with Crippen molar-refractivity contribution in [3.05, 3.63) is 82.0 Å². The number of rotatable bonds is 3. The molecule has 4 N–H and O–H groups in total. The predicted octanol–water partition coefficient (Wildman–Crippen LogP) is 4.91. The average molecular weight is 481 g/mol. The third kappa shape index (κ3) is 3.90. The van der Waals surface area contributed by atoms with Crippen LogP contribution in [0.1, 0.15) is 17.3 Å². The van der Waals surface area contributed by atoms with E-state index in [1.165, 1.54) is 23.7 Å². The van der Waals surface area contributed by atoms with Crippen LogP contribution < -0.4 is 16.4 Å². The van der Waals surface area contributed by atoms with Crippen LogP contribution in [0, 0.1) is 17.7 Å². The summed E-state index contributed by atoms with van der Waals surface area (Å²) in [5, 5.41) is 7.84. The zero-order chi connectivity index (χ0) is 23.1. The Morgan fingerprint density at radius 1 is 1.27 bits per heavy atom. The number of anilines is 2. The Morgan fingerprint density at radius 2 is 2.12 bits per heavy atom. The molecule has 2 unspecified atom stereocenters. The minimum Gasteiger partial charge on any atom is -0.382 e. The van der Waals surface area contributed by atoms with Crippen LogP contribution >= 0.6 is 22.9 Å². The number of nitrogen functional groups attached to an aromatic ring is 1. The summed E-state index contributed by atoms with van der Waals surface area (Å²) in [6.07, 6.45) is 8.85. The molecule has 0 fully saturated rings. The molecular weight excluding hydrogens is 463 g/mol. The Kier molecular flexibility index (Phi) is 5.43. The number of benzene rings is 1. The molecule has 33 heavy (non-hydrogen) atoms. The van der Waals surface area contributed by atoms with Crippen molar-refractivity contribution in [2.24, 2.45) is 16.8 Å². The van der Waals surface area contributed by atoms with E-state index in [0.29, 0.717) is 33.1 Å². The molecule has 2 aromatic heterocycles. The molecule has 1 aliphatic heterocycles. The minimum atomic E-state index is -0.542. The quantitative estimate of drug-likeness (QED) is 0.494. The lowest BCUT2D eigenvalue weighted by atomic mass is 9.81. The average Bonchev–Trinajstić information content (AvgIpc) is 3.23. The van der Waals surface area contributed by atoms with Gasteiger partial charge in [0.1, 0.15) is 18.0 Å². The van der Waals surface area contributed by atoms with Gasteiger partial charge < -0.3 is 16.4 Å². The van der Waals surface area contributed by atoms with Gasteiger partial charge in [0.2, 0.25) is 0 Å². The molecule has 0 radical (unpaired) electrons. The Morgan fingerprint density at radius 3 is 2.97 bits per heavy atom. The van der Waals surface area contributed by atoms with E-state index in [0.717, 1.165) is 5.57 Å². The number of carbonyl (C=O) groups is 1. The summed E-state index contributed by atoms with van der Waals surface area (Å²) in [5.74, 6) is -0.334. The third-order valence-corrected chi connectivity index (χ3v) is 6.78. The van der Waals surface area contributed by atoms with Crippen molar-refractivity contribution < 1.29 is 9.18 Å². The van der Waals surface area contributed by atoms with Crippen LogP contribution in [0.25, 0.3) is 10.2 Å². The van der Waals surface area contributed by atoms with Crippen LogP contribution in [0.5, 0.6) is 0 Å². The topological polar surface area (TPSA) is 105 Å². The molecule has 2 aliphatic rings. The van der Waals surface area contributed by atoms with Gasteiger partial charge in [0.15, 0.2) is 5.82 Å². The largest absolute Gasteiger partial charge is 0.382 e. The number of nitrogens with one attached hydrogen (secondary N) is 2. The molecule has 1 aromatic carbocycles. The van der Waals surface area contributed by atoms with E-state index in [9.17, 15) is 9.18 Å². The number of hydrogen-bond acceptors (Lipinski definition) is 7.